The molecule has 1 amide bonds. The van der Waals surface area contributed by atoms with Crippen LogP contribution in [-0.2, 0) is 0 Å². The lowest BCUT2D eigenvalue weighted by atomic mass is 9.94. The summed E-state index contributed by atoms with van der Waals surface area (Å²) in [5, 5.41) is 3.82. The Hall–Kier alpha value is -2.21. The normalized spacial score (nSPS) is 21.5. The van der Waals surface area contributed by atoms with Crippen molar-refractivity contribution in [1.82, 2.24) is 19.9 Å². The van der Waals surface area contributed by atoms with Crippen LogP contribution in [0.1, 0.15) is 34.3 Å². The molecule has 0 saturated carbocycles. The number of aromatic nitrogens is 2. The molecule has 1 fully saturated rings. The number of carbonyl (C=O) groups is 1. The van der Waals surface area contributed by atoms with Crippen molar-refractivity contribution in [2.75, 3.05) is 27.2 Å². The minimum absolute atomic E-state index is 0.0960. The number of pyridine rings is 1. The van der Waals surface area contributed by atoms with Crippen molar-refractivity contribution in [3.8, 4) is 0 Å². The molecule has 23 heavy (non-hydrogen) atoms. The van der Waals surface area contributed by atoms with Crippen LogP contribution in [0, 0.1) is 12.8 Å². The van der Waals surface area contributed by atoms with Gasteiger partial charge in [-0.3, -0.25) is 14.7 Å². The third-order valence-corrected chi connectivity index (χ3v) is 4.50. The molecule has 3 heterocycles. The smallest absolute Gasteiger partial charge is 0.275 e. The first-order chi connectivity index (χ1) is 11.1. The van der Waals surface area contributed by atoms with Crippen LogP contribution in [0.25, 0.3) is 0 Å². The Kier molecular flexibility index (Phi) is 4.43. The topological polar surface area (TPSA) is 62.5 Å². The fraction of sp³-hybridized carbons (Fsp3) is 0.471. The summed E-state index contributed by atoms with van der Waals surface area (Å²) in [7, 11) is 3.95. The highest BCUT2D eigenvalue weighted by atomic mass is 16.5. The van der Waals surface area contributed by atoms with E-state index in [9.17, 15) is 4.79 Å². The first kappa shape index (κ1) is 15.7. The van der Waals surface area contributed by atoms with Crippen molar-refractivity contribution < 1.29 is 9.32 Å². The summed E-state index contributed by atoms with van der Waals surface area (Å²) >= 11 is 0. The number of rotatable bonds is 4. The monoisotopic (exact) mass is 314 g/mol. The van der Waals surface area contributed by atoms with Gasteiger partial charge in [0.05, 0.1) is 0 Å². The predicted octanol–water partition coefficient (Wildman–Crippen LogP) is 2.14. The Morgan fingerprint density at radius 1 is 1.52 bits per heavy atom. The molecule has 0 radical (unpaired) electrons. The summed E-state index contributed by atoms with van der Waals surface area (Å²) in [5.74, 6) is 0.933. The first-order valence-corrected chi connectivity index (χ1v) is 7.85. The molecule has 0 unspecified atom stereocenters. The summed E-state index contributed by atoms with van der Waals surface area (Å²) in [6.45, 7) is 3.50. The molecule has 6 heteroatoms. The van der Waals surface area contributed by atoms with E-state index in [1.165, 1.54) is 5.56 Å². The van der Waals surface area contributed by atoms with Crippen LogP contribution in [0.3, 0.4) is 0 Å². The van der Waals surface area contributed by atoms with E-state index >= 15 is 0 Å². The minimum Gasteiger partial charge on any atom is -0.361 e. The van der Waals surface area contributed by atoms with Gasteiger partial charge in [0.15, 0.2) is 5.69 Å². The predicted molar refractivity (Wildman–Crippen MR) is 85.9 cm³/mol. The molecular formula is C17H22N4O2. The standard InChI is InChI=1S/C17H22N4O2/c1-12-9-15(19-23-12)17(22)21(3)11-14-6-8-20(2)16(14)13-5-4-7-18-10-13/h4-5,7,9-10,14,16H,6,8,11H2,1-3H3/t14-,16-/m0/s1. The highest BCUT2D eigenvalue weighted by Gasteiger charge is 2.34. The Bertz CT molecular complexity index is 670. The van der Waals surface area contributed by atoms with Crippen LogP contribution in [0.2, 0.25) is 0 Å². The van der Waals surface area contributed by atoms with Gasteiger partial charge in [0.25, 0.3) is 5.91 Å². The van der Waals surface area contributed by atoms with Crippen molar-refractivity contribution in [2.24, 2.45) is 5.92 Å². The van der Waals surface area contributed by atoms with E-state index in [0.29, 0.717) is 23.9 Å². The average molecular weight is 314 g/mol. The largest absolute Gasteiger partial charge is 0.361 e. The lowest BCUT2D eigenvalue weighted by Crippen LogP contribution is -2.34. The third kappa shape index (κ3) is 3.27. The van der Waals surface area contributed by atoms with Gasteiger partial charge in [-0.25, -0.2) is 0 Å². The highest BCUT2D eigenvalue weighted by molar-refractivity contribution is 5.92. The van der Waals surface area contributed by atoms with Gasteiger partial charge in [-0.1, -0.05) is 11.2 Å². The minimum atomic E-state index is -0.0960. The number of aryl methyl sites for hydroxylation is 1. The van der Waals surface area contributed by atoms with Crippen LogP contribution in [-0.4, -0.2) is 53.0 Å². The molecular weight excluding hydrogens is 292 g/mol. The number of hydrogen-bond acceptors (Lipinski definition) is 5. The Balaban J connectivity index is 1.72. The summed E-state index contributed by atoms with van der Waals surface area (Å²) in [6, 6.07) is 6.04. The van der Waals surface area contributed by atoms with Gasteiger partial charge < -0.3 is 9.42 Å². The number of nitrogens with zero attached hydrogens (tertiary/aromatic N) is 4. The fourth-order valence-corrected chi connectivity index (χ4v) is 3.39. The molecule has 0 aromatic carbocycles. The Labute approximate surface area is 136 Å². The maximum absolute atomic E-state index is 12.4. The van der Waals surface area contributed by atoms with E-state index in [1.807, 2.05) is 19.3 Å². The van der Waals surface area contributed by atoms with Crippen molar-refractivity contribution in [3.05, 3.63) is 47.6 Å². The average Bonchev–Trinajstić information content (AvgIpc) is 3.13. The molecule has 0 bridgehead atoms. The van der Waals surface area contributed by atoms with E-state index in [2.05, 4.69) is 28.2 Å². The zero-order valence-electron chi connectivity index (χ0n) is 13.8. The molecule has 2 atom stereocenters. The molecule has 1 aliphatic rings. The Morgan fingerprint density at radius 2 is 2.35 bits per heavy atom. The van der Waals surface area contributed by atoms with Crippen molar-refractivity contribution in [2.45, 2.75) is 19.4 Å². The van der Waals surface area contributed by atoms with Crippen LogP contribution >= 0.6 is 0 Å². The molecule has 2 aromatic heterocycles. The number of amides is 1. The molecule has 1 saturated heterocycles. The lowest BCUT2D eigenvalue weighted by Gasteiger charge is -2.28. The molecule has 3 rings (SSSR count). The summed E-state index contributed by atoms with van der Waals surface area (Å²) in [4.78, 5) is 20.8. The van der Waals surface area contributed by atoms with Gasteiger partial charge in [-0.15, -0.1) is 0 Å². The van der Waals surface area contributed by atoms with E-state index in [0.717, 1.165) is 13.0 Å². The second-order valence-electron chi connectivity index (χ2n) is 6.27. The van der Waals surface area contributed by atoms with Gasteiger partial charge in [0.1, 0.15) is 5.76 Å². The second kappa shape index (κ2) is 6.50. The zero-order valence-corrected chi connectivity index (χ0v) is 13.8. The molecule has 2 aromatic rings. The quantitative estimate of drug-likeness (QED) is 0.865. The second-order valence-corrected chi connectivity index (χ2v) is 6.27. The van der Waals surface area contributed by atoms with Crippen molar-refractivity contribution in [3.63, 3.8) is 0 Å². The fourth-order valence-electron chi connectivity index (χ4n) is 3.39. The van der Waals surface area contributed by atoms with Crippen LogP contribution in [0.4, 0.5) is 0 Å². The van der Waals surface area contributed by atoms with E-state index in [4.69, 9.17) is 4.52 Å². The third-order valence-electron chi connectivity index (χ3n) is 4.50. The summed E-state index contributed by atoms with van der Waals surface area (Å²) in [5.41, 5.74) is 1.57. The van der Waals surface area contributed by atoms with Crippen molar-refractivity contribution in [1.29, 1.82) is 0 Å². The highest BCUT2D eigenvalue weighted by Crippen LogP contribution is 2.36. The Morgan fingerprint density at radius 3 is 3.00 bits per heavy atom. The SMILES string of the molecule is Cc1cc(C(=O)N(C)C[C@@H]2CCN(C)[C@H]2c2cccnc2)no1. The lowest BCUT2D eigenvalue weighted by molar-refractivity contribution is 0.0750. The van der Waals surface area contributed by atoms with Gasteiger partial charge in [-0.05, 0) is 44.5 Å². The van der Waals surface area contributed by atoms with E-state index in [1.54, 1.807) is 24.1 Å². The maximum atomic E-state index is 12.4. The van der Waals surface area contributed by atoms with Crippen LogP contribution < -0.4 is 0 Å². The van der Waals surface area contributed by atoms with E-state index in [-0.39, 0.29) is 11.9 Å². The van der Waals surface area contributed by atoms with Gasteiger partial charge in [0, 0.05) is 38.1 Å². The van der Waals surface area contributed by atoms with Crippen molar-refractivity contribution >= 4 is 5.91 Å². The van der Waals surface area contributed by atoms with Gasteiger partial charge in [-0.2, -0.15) is 0 Å². The molecule has 1 aliphatic heterocycles. The number of likely N-dealkylation sites (tertiary alicyclic amines) is 1. The number of carbonyl (C=O) groups excluding carboxylic acids is 1. The molecule has 122 valence electrons. The summed E-state index contributed by atoms with van der Waals surface area (Å²) < 4.78 is 5.00. The van der Waals surface area contributed by atoms with Gasteiger partial charge in [0.2, 0.25) is 0 Å². The zero-order chi connectivity index (χ0) is 16.4. The molecule has 0 spiro atoms. The van der Waals surface area contributed by atoms with Crippen LogP contribution in [0.15, 0.2) is 35.1 Å². The first-order valence-electron chi connectivity index (χ1n) is 7.85. The van der Waals surface area contributed by atoms with Gasteiger partial charge >= 0.3 is 0 Å². The summed E-state index contributed by atoms with van der Waals surface area (Å²) in [6.07, 6.45) is 4.77. The maximum Gasteiger partial charge on any atom is 0.275 e. The number of hydrogen-bond donors (Lipinski definition) is 0. The molecule has 0 N–H and O–H groups in total. The molecule has 0 aliphatic carbocycles. The van der Waals surface area contributed by atoms with Crippen LogP contribution in [0.5, 0.6) is 0 Å². The van der Waals surface area contributed by atoms with E-state index < -0.39 is 0 Å². The molecule has 6 nitrogen and oxygen atoms in total.